The van der Waals surface area contributed by atoms with Crippen LogP contribution in [0.25, 0.3) is 10.8 Å². The Kier molecular flexibility index (Phi) is 5.11. The van der Waals surface area contributed by atoms with Crippen molar-refractivity contribution in [1.82, 2.24) is 0 Å². The Morgan fingerprint density at radius 2 is 1.70 bits per heavy atom. The number of rotatable bonds is 5. The highest BCUT2D eigenvalue weighted by molar-refractivity contribution is 7.78. The van der Waals surface area contributed by atoms with Crippen molar-refractivity contribution in [3.8, 4) is 0 Å². The molecular formula is C18H25OS+. The first-order chi connectivity index (χ1) is 9.54. The van der Waals surface area contributed by atoms with Crippen LogP contribution in [-0.4, -0.2) is 19.0 Å². The second-order valence-electron chi connectivity index (χ2n) is 6.01. The van der Waals surface area contributed by atoms with Gasteiger partial charge < -0.3 is 4.74 Å². The van der Waals surface area contributed by atoms with Crippen molar-refractivity contribution in [3.63, 3.8) is 0 Å². The van der Waals surface area contributed by atoms with Gasteiger partial charge in [0.25, 0.3) is 0 Å². The third-order valence-electron chi connectivity index (χ3n) is 3.43. The molecule has 0 aromatic heterocycles. The summed E-state index contributed by atoms with van der Waals surface area (Å²) in [5, 5.41) is 2.78. The predicted octanol–water partition coefficient (Wildman–Crippen LogP) is 4.35. The zero-order valence-electron chi connectivity index (χ0n) is 12.9. The topological polar surface area (TPSA) is 9.23 Å². The number of ether oxygens (including phenoxy) is 1. The monoisotopic (exact) mass is 289 g/mol. The van der Waals surface area contributed by atoms with Gasteiger partial charge in [-0.05, 0) is 35.4 Å². The maximum atomic E-state index is 5.44. The summed E-state index contributed by atoms with van der Waals surface area (Å²) in [5.74, 6) is 1.06. The van der Waals surface area contributed by atoms with E-state index in [4.69, 9.17) is 4.74 Å². The van der Waals surface area contributed by atoms with Crippen molar-refractivity contribution < 1.29 is 4.74 Å². The van der Waals surface area contributed by atoms with Crippen molar-refractivity contribution >= 4 is 22.5 Å². The van der Waals surface area contributed by atoms with Crippen molar-refractivity contribution in [2.24, 2.45) is 0 Å². The van der Waals surface area contributed by atoms with Gasteiger partial charge in [0.2, 0.25) is 0 Å². The molecular weight excluding hydrogens is 264 g/mol. The normalized spacial score (nSPS) is 12.0. The Morgan fingerprint density at radius 1 is 1.00 bits per heavy atom. The molecule has 0 N–H and O–H groups in total. The van der Waals surface area contributed by atoms with Gasteiger partial charge >= 0.3 is 0 Å². The molecule has 2 aromatic rings. The first kappa shape index (κ1) is 15.4. The summed E-state index contributed by atoms with van der Waals surface area (Å²) in [5.41, 5.74) is 1.61. The molecule has 1 nitrogen and oxygen atoms in total. The molecule has 0 amide bonds. The van der Waals surface area contributed by atoms with Crippen LogP contribution in [0.4, 0.5) is 0 Å². The average Bonchev–Trinajstić information content (AvgIpc) is 2.42. The first-order valence-corrected chi connectivity index (χ1v) is 8.39. The fraction of sp³-hybridized carbons (Fsp3) is 0.444. The van der Waals surface area contributed by atoms with E-state index >= 15 is 0 Å². The lowest BCUT2D eigenvalue weighted by molar-refractivity contribution is 0.164. The van der Waals surface area contributed by atoms with Gasteiger partial charge in [0.15, 0.2) is 4.90 Å². The Morgan fingerprint density at radius 3 is 2.35 bits per heavy atom. The zero-order chi connectivity index (χ0) is 14.6. The molecule has 0 aliphatic heterocycles. The molecule has 2 heteroatoms. The van der Waals surface area contributed by atoms with Gasteiger partial charge in [-0.15, -0.1) is 0 Å². The lowest BCUT2D eigenvalue weighted by Crippen LogP contribution is -2.12. The van der Waals surface area contributed by atoms with Crippen LogP contribution in [0.15, 0.2) is 41.3 Å². The molecule has 20 heavy (non-hydrogen) atoms. The predicted molar refractivity (Wildman–Crippen MR) is 91.0 cm³/mol. The minimum atomic E-state index is 0.181. The number of fused-ring (bicyclic) bond motifs is 1. The maximum absolute atomic E-state index is 5.44. The Labute approximate surface area is 126 Å². The second-order valence-corrected chi connectivity index (χ2v) is 7.25. The maximum Gasteiger partial charge on any atom is 0.160 e. The molecule has 0 unspecified atom stereocenters. The Balaban J connectivity index is 2.34. The van der Waals surface area contributed by atoms with Gasteiger partial charge in [0, 0.05) is 23.8 Å². The molecule has 108 valence electrons. The minimum Gasteiger partial charge on any atom is -0.377 e. The first-order valence-electron chi connectivity index (χ1n) is 7.31. The molecule has 2 rings (SSSR count). The summed E-state index contributed by atoms with van der Waals surface area (Å²) in [6, 6.07) is 13.3. The molecule has 0 aliphatic rings. The highest BCUT2D eigenvalue weighted by Gasteiger charge is 2.19. The summed E-state index contributed by atoms with van der Waals surface area (Å²) in [7, 11) is 0. The Bertz CT molecular complexity index is 569. The van der Waals surface area contributed by atoms with E-state index in [1.165, 1.54) is 33.0 Å². The van der Waals surface area contributed by atoms with E-state index in [1.807, 2.05) is 6.92 Å². The summed E-state index contributed by atoms with van der Waals surface area (Å²) < 4.78 is 5.44. The van der Waals surface area contributed by atoms with E-state index in [1.54, 1.807) is 0 Å². The summed E-state index contributed by atoms with van der Waals surface area (Å²) in [6.07, 6.45) is 0. The molecule has 0 fully saturated rings. The van der Waals surface area contributed by atoms with Gasteiger partial charge in [-0.25, -0.2) is 0 Å². The van der Waals surface area contributed by atoms with Crippen LogP contribution in [0.5, 0.6) is 0 Å². The molecule has 0 radical (unpaired) electrons. The molecule has 0 spiro atoms. The van der Waals surface area contributed by atoms with Crippen LogP contribution in [0.2, 0.25) is 0 Å². The molecule has 0 saturated heterocycles. The third-order valence-corrected chi connectivity index (χ3v) is 4.57. The highest BCUT2D eigenvalue weighted by Crippen LogP contribution is 2.32. The van der Waals surface area contributed by atoms with E-state index in [0.717, 1.165) is 19.0 Å². The van der Waals surface area contributed by atoms with Crippen molar-refractivity contribution in [1.29, 1.82) is 0 Å². The van der Waals surface area contributed by atoms with Crippen molar-refractivity contribution in [3.05, 3.63) is 42.0 Å². The van der Waals surface area contributed by atoms with Crippen LogP contribution in [0, 0.1) is 0 Å². The second kappa shape index (κ2) is 6.64. The quantitative estimate of drug-likeness (QED) is 0.452. The standard InChI is InChI=1S/C18H24OS/c1-5-19-12-13-20-17-11-10-16(18(2,3)4)14-8-6-7-9-15(14)17/h6-11H,5,12-13H2,1-4H3/p+1. The fourth-order valence-electron chi connectivity index (χ4n) is 2.45. The van der Waals surface area contributed by atoms with Gasteiger partial charge in [0.05, 0.1) is 6.61 Å². The smallest absolute Gasteiger partial charge is 0.160 e. The minimum absolute atomic E-state index is 0.181. The van der Waals surface area contributed by atoms with E-state index in [2.05, 4.69) is 57.2 Å². The number of benzene rings is 2. The van der Waals surface area contributed by atoms with E-state index in [0.29, 0.717) is 0 Å². The largest absolute Gasteiger partial charge is 0.377 e. The average molecular weight is 289 g/mol. The Hall–Kier alpha value is -0.990. The third kappa shape index (κ3) is 3.56. The molecule has 0 atom stereocenters. The number of hydrogen-bond acceptors (Lipinski definition) is 1. The van der Waals surface area contributed by atoms with Gasteiger partial charge in [-0.3, -0.25) is 0 Å². The van der Waals surface area contributed by atoms with Gasteiger partial charge in [-0.1, -0.05) is 45.0 Å². The highest BCUT2D eigenvalue weighted by atomic mass is 32.2. The van der Waals surface area contributed by atoms with Gasteiger partial charge in [0.1, 0.15) is 5.75 Å². The molecule has 0 saturated carbocycles. The van der Waals surface area contributed by atoms with Crippen LogP contribution >= 0.6 is 0 Å². The fourth-order valence-corrected chi connectivity index (χ4v) is 3.46. The zero-order valence-corrected chi connectivity index (χ0v) is 13.8. The van der Waals surface area contributed by atoms with E-state index in [-0.39, 0.29) is 5.41 Å². The molecule has 0 heterocycles. The van der Waals surface area contributed by atoms with Crippen LogP contribution in [0.1, 0.15) is 33.3 Å². The molecule has 0 bridgehead atoms. The summed E-state index contributed by atoms with van der Waals surface area (Å²) >= 11 is 1.35. The number of hydrogen-bond donors (Lipinski definition) is 0. The van der Waals surface area contributed by atoms with Crippen molar-refractivity contribution in [2.75, 3.05) is 19.0 Å². The van der Waals surface area contributed by atoms with Crippen LogP contribution < -0.4 is 0 Å². The van der Waals surface area contributed by atoms with Crippen LogP contribution in [-0.2, 0) is 21.9 Å². The van der Waals surface area contributed by atoms with E-state index < -0.39 is 0 Å². The lowest BCUT2D eigenvalue weighted by atomic mass is 9.84. The van der Waals surface area contributed by atoms with Gasteiger partial charge in [-0.2, -0.15) is 0 Å². The molecule has 0 aliphatic carbocycles. The summed E-state index contributed by atoms with van der Waals surface area (Å²) in [6.45, 7) is 10.5. The van der Waals surface area contributed by atoms with Crippen LogP contribution in [0.3, 0.4) is 0 Å². The SMILES string of the molecule is CCOCC[SH+]c1ccc(C(C)(C)C)c2ccccc12. The van der Waals surface area contributed by atoms with Crippen molar-refractivity contribution in [2.45, 2.75) is 38.0 Å². The number of thiol groups is 1. The summed E-state index contributed by atoms with van der Waals surface area (Å²) in [4.78, 5) is 1.41. The lowest BCUT2D eigenvalue weighted by Gasteiger charge is -2.21. The molecule has 2 aromatic carbocycles. The van der Waals surface area contributed by atoms with E-state index in [9.17, 15) is 0 Å².